The van der Waals surface area contributed by atoms with E-state index in [2.05, 4.69) is 4.99 Å². The van der Waals surface area contributed by atoms with Gasteiger partial charge in [0, 0.05) is 17.0 Å². The molecule has 0 amide bonds. The van der Waals surface area contributed by atoms with E-state index in [0.29, 0.717) is 10.8 Å². The van der Waals surface area contributed by atoms with Crippen LogP contribution in [0.15, 0.2) is 29.3 Å². The molecule has 0 aliphatic carbocycles. The van der Waals surface area contributed by atoms with Crippen molar-refractivity contribution in [3.8, 4) is 11.5 Å². The fourth-order valence-corrected chi connectivity index (χ4v) is 2.20. The first-order chi connectivity index (χ1) is 9.31. The second-order valence-electron chi connectivity index (χ2n) is 3.97. The van der Waals surface area contributed by atoms with Gasteiger partial charge in [0.15, 0.2) is 5.75 Å². The van der Waals surface area contributed by atoms with Gasteiger partial charge in [-0.15, -0.1) is 0 Å². The molecule has 2 rings (SSSR count). The molecular weight excluding hydrogens is 306 g/mol. The van der Waals surface area contributed by atoms with Crippen LogP contribution in [0.25, 0.3) is 10.8 Å². The molecule has 0 unspecified atom stereocenters. The van der Waals surface area contributed by atoms with E-state index in [9.17, 15) is 18.6 Å². The molecule has 0 aliphatic heterocycles. The Bertz CT molecular complexity index is 801. The van der Waals surface area contributed by atoms with Crippen molar-refractivity contribution in [2.24, 2.45) is 4.99 Å². The Morgan fingerprint density at radius 1 is 1.15 bits per heavy atom. The van der Waals surface area contributed by atoms with Gasteiger partial charge >= 0.3 is 0 Å². The van der Waals surface area contributed by atoms with Crippen LogP contribution < -0.4 is 0 Å². The third-order valence-corrected chi connectivity index (χ3v) is 3.51. The highest BCUT2D eigenvalue weighted by molar-refractivity contribution is 7.86. The fraction of sp³-hybridized carbons (Fsp3) is 0.0833. The smallest absolute Gasteiger partial charge is 0.270 e. The summed E-state index contributed by atoms with van der Waals surface area (Å²) in [5, 5.41) is 20.5. The standard InChI is InChI=1S/C12H10ClNO5S/c13-9-10(14-5-6-20(17,18)19)12(16)8-4-2-1-3-7(8)11(9)15/h1-5,15-16H,6H2,(H,17,18,19). The Morgan fingerprint density at radius 3 is 2.25 bits per heavy atom. The van der Waals surface area contributed by atoms with Crippen LogP contribution in [0.3, 0.4) is 0 Å². The zero-order valence-electron chi connectivity index (χ0n) is 9.99. The molecule has 0 saturated heterocycles. The van der Waals surface area contributed by atoms with Crippen molar-refractivity contribution in [1.82, 2.24) is 0 Å². The number of hydrogen-bond acceptors (Lipinski definition) is 5. The van der Waals surface area contributed by atoms with Crippen LogP contribution in [0.4, 0.5) is 5.69 Å². The Kier molecular flexibility index (Phi) is 3.85. The average molecular weight is 316 g/mol. The number of nitrogens with zero attached hydrogens (tertiary/aromatic N) is 1. The largest absolute Gasteiger partial charge is 0.506 e. The van der Waals surface area contributed by atoms with Crippen molar-refractivity contribution < 1.29 is 23.2 Å². The number of halogens is 1. The van der Waals surface area contributed by atoms with Gasteiger partial charge in [-0.2, -0.15) is 8.42 Å². The molecule has 8 heteroatoms. The molecule has 0 atom stereocenters. The summed E-state index contributed by atoms with van der Waals surface area (Å²) in [6.07, 6.45) is 0.879. The summed E-state index contributed by atoms with van der Waals surface area (Å²) >= 11 is 5.89. The summed E-state index contributed by atoms with van der Waals surface area (Å²) in [6, 6.07) is 6.45. The van der Waals surface area contributed by atoms with E-state index in [4.69, 9.17) is 16.2 Å². The van der Waals surface area contributed by atoms with Gasteiger partial charge in [-0.3, -0.25) is 9.55 Å². The van der Waals surface area contributed by atoms with Crippen LogP contribution in [0, 0.1) is 0 Å². The maximum atomic E-state index is 10.6. The molecule has 2 aromatic carbocycles. The molecule has 20 heavy (non-hydrogen) atoms. The molecule has 0 fully saturated rings. The first-order valence-electron chi connectivity index (χ1n) is 5.41. The zero-order valence-corrected chi connectivity index (χ0v) is 11.6. The van der Waals surface area contributed by atoms with E-state index in [1.807, 2.05) is 0 Å². The highest BCUT2D eigenvalue weighted by atomic mass is 35.5. The third kappa shape index (κ3) is 2.84. The van der Waals surface area contributed by atoms with Crippen LogP contribution >= 0.6 is 11.6 Å². The Morgan fingerprint density at radius 2 is 1.70 bits per heavy atom. The first-order valence-corrected chi connectivity index (χ1v) is 7.40. The van der Waals surface area contributed by atoms with Gasteiger partial charge in [0.25, 0.3) is 10.1 Å². The summed E-state index contributed by atoms with van der Waals surface area (Å²) < 4.78 is 29.8. The molecule has 2 aromatic rings. The molecule has 0 aromatic heterocycles. The van der Waals surface area contributed by atoms with Gasteiger partial charge in [-0.05, 0) is 0 Å². The molecule has 0 bridgehead atoms. The molecule has 6 nitrogen and oxygen atoms in total. The molecule has 0 saturated carbocycles. The van der Waals surface area contributed by atoms with Crippen molar-refractivity contribution in [2.45, 2.75) is 0 Å². The van der Waals surface area contributed by atoms with Gasteiger partial charge in [0.1, 0.15) is 22.2 Å². The van der Waals surface area contributed by atoms with Crippen molar-refractivity contribution in [1.29, 1.82) is 0 Å². The lowest BCUT2D eigenvalue weighted by Gasteiger charge is -2.09. The van der Waals surface area contributed by atoms with E-state index in [-0.39, 0.29) is 22.2 Å². The van der Waals surface area contributed by atoms with Crippen LogP contribution in [0.2, 0.25) is 5.02 Å². The fourth-order valence-electron chi connectivity index (χ4n) is 1.70. The SMILES string of the molecule is O=S(=O)(O)CC=Nc1c(Cl)c(O)c2ccccc2c1O. The maximum absolute atomic E-state index is 10.6. The van der Waals surface area contributed by atoms with Gasteiger partial charge < -0.3 is 10.2 Å². The van der Waals surface area contributed by atoms with Gasteiger partial charge in [0.05, 0.1) is 0 Å². The highest BCUT2D eigenvalue weighted by Gasteiger charge is 2.16. The number of fused-ring (bicyclic) bond motifs is 1. The monoisotopic (exact) mass is 315 g/mol. The number of aliphatic imine (C=N–C) groups is 1. The van der Waals surface area contributed by atoms with Crippen LogP contribution in [0.1, 0.15) is 0 Å². The minimum Gasteiger partial charge on any atom is -0.506 e. The van der Waals surface area contributed by atoms with E-state index in [0.717, 1.165) is 6.21 Å². The minimum absolute atomic E-state index is 0.161. The van der Waals surface area contributed by atoms with Gasteiger partial charge in [-0.25, -0.2) is 0 Å². The Hall–Kier alpha value is -1.83. The van der Waals surface area contributed by atoms with Crippen molar-refractivity contribution in [3.63, 3.8) is 0 Å². The number of phenols is 2. The lowest BCUT2D eigenvalue weighted by molar-refractivity contribution is 0.471. The van der Waals surface area contributed by atoms with Crippen LogP contribution in [-0.2, 0) is 10.1 Å². The van der Waals surface area contributed by atoms with Crippen LogP contribution in [-0.4, -0.2) is 35.2 Å². The maximum Gasteiger partial charge on any atom is 0.270 e. The third-order valence-electron chi connectivity index (χ3n) is 2.58. The predicted molar refractivity (Wildman–Crippen MR) is 76.9 cm³/mol. The molecular formula is C12H10ClNO5S. The average Bonchev–Trinajstić information content (AvgIpc) is 2.39. The summed E-state index contributed by atoms with van der Waals surface area (Å²) in [7, 11) is -4.21. The zero-order chi connectivity index (χ0) is 14.9. The topological polar surface area (TPSA) is 107 Å². The number of rotatable bonds is 3. The quantitative estimate of drug-likeness (QED) is 0.458. The number of phenolic OH excluding ortho intramolecular Hbond substituents is 2. The van der Waals surface area contributed by atoms with Crippen molar-refractivity contribution in [2.75, 3.05) is 5.75 Å². The van der Waals surface area contributed by atoms with Crippen molar-refractivity contribution >= 4 is 44.4 Å². The molecule has 3 N–H and O–H groups in total. The predicted octanol–water partition coefficient (Wildman–Crippen LogP) is 2.49. The molecule has 0 aliphatic rings. The summed E-state index contributed by atoms with van der Waals surface area (Å²) in [5.41, 5.74) is -0.161. The van der Waals surface area contributed by atoms with E-state index in [1.54, 1.807) is 24.3 Å². The van der Waals surface area contributed by atoms with E-state index < -0.39 is 15.9 Å². The lowest BCUT2D eigenvalue weighted by atomic mass is 10.1. The van der Waals surface area contributed by atoms with Crippen LogP contribution in [0.5, 0.6) is 11.5 Å². The number of aromatic hydroxyl groups is 2. The summed E-state index contributed by atoms with van der Waals surface area (Å²) in [4.78, 5) is 3.70. The normalized spacial score (nSPS) is 12.3. The highest BCUT2D eigenvalue weighted by Crippen LogP contribution is 2.47. The molecule has 0 heterocycles. The van der Waals surface area contributed by atoms with E-state index >= 15 is 0 Å². The minimum atomic E-state index is -4.21. The first kappa shape index (κ1) is 14.6. The molecule has 106 valence electrons. The summed E-state index contributed by atoms with van der Waals surface area (Å²) in [6.45, 7) is 0. The van der Waals surface area contributed by atoms with Crippen molar-refractivity contribution in [3.05, 3.63) is 29.3 Å². The number of hydrogen-bond donors (Lipinski definition) is 3. The Labute approximate surface area is 119 Å². The molecule has 0 radical (unpaired) electrons. The Balaban J connectivity index is 2.59. The van der Waals surface area contributed by atoms with Gasteiger partial charge in [0.2, 0.25) is 0 Å². The summed E-state index contributed by atoms with van der Waals surface area (Å²) in [5.74, 6) is -1.27. The molecule has 0 spiro atoms. The number of benzene rings is 2. The lowest BCUT2D eigenvalue weighted by Crippen LogP contribution is -2.04. The van der Waals surface area contributed by atoms with Gasteiger partial charge in [-0.1, -0.05) is 35.9 Å². The second-order valence-corrected chi connectivity index (χ2v) is 5.84. The second kappa shape index (κ2) is 5.28. The van der Waals surface area contributed by atoms with E-state index in [1.165, 1.54) is 0 Å².